The third-order valence-electron chi connectivity index (χ3n) is 5.07. The molecule has 1 saturated heterocycles. The number of hydrogen-bond donors (Lipinski definition) is 2. The summed E-state index contributed by atoms with van der Waals surface area (Å²) in [6.45, 7) is 1.81. The van der Waals surface area contributed by atoms with E-state index in [-0.39, 0.29) is 13.2 Å². The molecule has 1 unspecified atom stereocenters. The summed E-state index contributed by atoms with van der Waals surface area (Å²) in [5, 5.41) is 19.6. The summed E-state index contributed by atoms with van der Waals surface area (Å²) in [7, 11) is 1.42. The molecule has 0 radical (unpaired) electrons. The van der Waals surface area contributed by atoms with Gasteiger partial charge >= 0.3 is 0 Å². The summed E-state index contributed by atoms with van der Waals surface area (Å²) in [6.07, 6.45) is 2.64. The second-order valence-electron chi connectivity index (χ2n) is 6.99. The summed E-state index contributed by atoms with van der Waals surface area (Å²) in [6, 6.07) is 0. The molecule has 1 spiro atoms. The first-order valence-electron chi connectivity index (χ1n) is 9.51. The van der Waals surface area contributed by atoms with Gasteiger partial charge in [0.15, 0.2) is 12.6 Å². The van der Waals surface area contributed by atoms with E-state index in [2.05, 4.69) is 4.89 Å². The molecular formula is C18H30O9. The number of rotatable bonds is 9. The van der Waals surface area contributed by atoms with Crippen LogP contribution in [0.25, 0.3) is 0 Å². The van der Waals surface area contributed by atoms with Gasteiger partial charge in [0.2, 0.25) is 5.79 Å². The molecule has 3 aliphatic rings. The molecular weight excluding hydrogens is 360 g/mol. The van der Waals surface area contributed by atoms with Gasteiger partial charge in [-0.05, 0) is 19.8 Å². The van der Waals surface area contributed by atoms with Crippen molar-refractivity contribution < 1.29 is 43.7 Å². The second-order valence-corrected chi connectivity index (χ2v) is 6.99. The van der Waals surface area contributed by atoms with Crippen LogP contribution in [-0.4, -0.2) is 73.8 Å². The van der Waals surface area contributed by atoms with E-state index in [0.29, 0.717) is 5.57 Å². The van der Waals surface area contributed by atoms with Crippen LogP contribution in [0, 0.1) is 0 Å². The molecule has 2 heterocycles. The lowest BCUT2D eigenvalue weighted by Crippen LogP contribution is -2.44. The van der Waals surface area contributed by atoms with Crippen LogP contribution in [-0.2, 0) is 33.5 Å². The van der Waals surface area contributed by atoms with Gasteiger partial charge in [-0.25, -0.2) is 9.78 Å². The van der Waals surface area contributed by atoms with Crippen LogP contribution in [0.4, 0.5) is 0 Å². The van der Waals surface area contributed by atoms with E-state index in [9.17, 15) is 10.2 Å². The number of aliphatic hydroxyl groups is 2. The van der Waals surface area contributed by atoms with Crippen LogP contribution >= 0.6 is 0 Å². The fourth-order valence-corrected chi connectivity index (χ4v) is 3.69. The molecule has 2 fully saturated rings. The van der Waals surface area contributed by atoms with Crippen LogP contribution in [0.3, 0.4) is 0 Å². The smallest absolute Gasteiger partial charge is 0.212 e. The van der Waals surface area contributed by atoms with Gasteiger partial charge in [0.25, 0.3) is 0 Å². The first kappa shape index (κ1) is 20.9. The molecule has 27 heavy (non-hydrogen) atoms. The van der Waals surface area contributed by atoms with E-state index < -0.39 is 43.3 Å². The Balaban J connectivity index is 1.65. The van der Waals surface area contributed by atoms with E-state index >= 15 is 0 Å². The SMILES string of the molecule is COOCCOC(C)O[C@@H]1C2=COC3(CCCCC3)O[C@H]2O[C@@H]1[C@@H](O)CO. The normalized spacial score (nSPS) is 31.9. The van der Waals surface area contributed by atoms with Gasteiger partial charge in [0, 0.05) is 12.8 Å². The van der Waals surface area contributed by atoms with Crippen LogP contribution < -0.4 is 0 Å². The highest BCUT2D eigenvalue weighted by Gasteiger charge is 2.52. The Hall–Kier alpha value is -0.780. The van der Waals surface area contributed by atoms with E-state index in [4.69, 9.17) is 28.6 Å². The Morgan fingerprint density at radius 3 is 2.74 bits per heavy atom. The maximum absolute atomic E-state index is 10.2. The first-order valence-corrected chi connectivity index (χ1v) is 9.51. The van der Waals surface area contributed by atoms with Gasteiger partial charge in [-0.15, -0.1) is 0 Å². The Kier molecular flexibility index (Phi) is 7.46. The van der Waals surface area contributed by atoms with Gasteiger partial charge < -0.3 is 33.9 Å². The molecule has 1 aliphatic carbocycles. The quantitative estimate of drug-likeness (QED) is 0.258. The van der Waals surface area contributed by atoms with E-state index in [1.54, 1.807) is 13.2 Å². The minimum atomic E-state index is -1.11. The van der Waals surface area contributed by atoms with E-state index in [1.165, 1.54) is 7.11 Å². The van der Waals surface area contributed by atoms with Crippen molar-refractivity contribution in [3.05, 3.63) is 11.8 Å². The van der Waals surface area contributed by atoms with Crippen molar-refractivity contribution in [2.75, 3.05) is 26.9 Å². The van der Waals surface area contributed by atoms with Crippen LogP contribution in [0.2, 0.25) is 0 Å². The number of ether oxygens (including phenoxy) is 5. The summed E-state index contributed by atoms with van der Waals surface area (Å²) in [4.78, 5) is 9.25. The highest BCUT2D eigenvalue weighted by atomic mass is 17.2. The predicted octanol–water partition coefficient (Wildman–Crippen LogP) is 0.981. The van der Waals surface area contributed by atoms with Crippen LogP contribution in [0.1, 0.15) is 39.0 Å². The van der Waals surface area contributed by atoms with Crippen LogP contribution in [0.5, 0.6) is 0 Å². The zero-order chi connectivity index (χ0) is 19.3. The fourth-order valence-electron chi connectivity index (χ4n) is 3.69. The molecule has 9 nitrogen and oxygen atoms in total. The molecule has 0 aromatic heterocycles. The zero-order valence-corrected chi connectivity index (χ0v) is 15.9. The van der Waals surface area contributed by atoms with Crippen LogP contribution in [0.15, 0.2) is 11.8 Å². The monoisotopic (exact) mass is 390 g/mol. The Morgan fingerprint density at radius 2 is 2.04 bits per heavy atom. The predicted molar refractivity (Wildman–Crippen MR) is 91.1 cm³/mol. The zero-order valence-electron chi connectivity index (χ0n) is 15.9. The lowest BCUT2D eigenvalue weighted by Gasteiger charge is -2.41. The maximum atomic E-state index is 10.2. The fraction of sp³-hybridized carbons (Fsp3) is 0.889. The summed E-state index contributed by atoms with van der Waals surface area (Å²) >= 11 is 0. The lowest BCUT2D eigenvalue weighted by atomic mass is 9.93. The topological polar surface area (TPSA) is 105 Å². The van der Waals surface area contributed by atoms with E-state index in [0.717, 1.165) is 32.1 Å². The molecule has 156 valence electrons. The number of hydrogen-bond acceptors (Lipinski definition) is 9. The Bertz CT molecular complexity index is 491. The average molecular weight is 390 g/mol. The van der Waals surface area contributed by atoms with Gasteiger partial charge in [0.1, 0.15) is 24.9 Å². The third kappa shape index (κ3) is 4.99. The number of aliphatic hydroxyl groups excluding tert-OH is 2. The minimum Gasteiger partial charge on any atom is -0.470 e. The van der Waals surface area contributed by atoms with Gasteiger partial charge in [0.05, 0.1) is 32.2 Å². The van der Waals surface area contributed by atoms with Crippen molar-refractivity contribution >= 4 is 0 Å². The van der Waals surface area contributed by atoms with E-state index in [1.807, 2.05) is 0 Å². The molecule has 0 aromatic rings. The second kappa shape index (κ2) is 9.62. The van der Waals surface area contributed by atoms with Gasteiger partial charge in [-0.3, -0.25) is 0 Å². The molecule has 3 rings (SSSR count). The van der Waals surface area contributed by atoms with Gasteiger partial charge in [-0.2, -0.15) is 0 Å². The summed E-state index contributed by atoms with van der Waals surface area (Å²) in [5.74, 6) is -0.671. The van der Waals surface area contributed by atoms with Crippen molar-refractivity contribution in [3.63, 3.8) is 0 Å². The average Bonchev–Trinajstić information content (AvgIpc) is 3.02. The summed E-state index contributed by atoms with van der Waals surface area (Å²) in [5.41, 5.74) is 0.646. The lowest BCUT2D eigenvalue weighted by molar-refractivity contribution is -0.306. The molecule has 5 atom stereocenters. The largest absolute Gasteiger partial charge is 0.470 e. The summed E-state index contributed by atoms with van der Waals surface area (Å²) < 4.78 is 29.4. The minimum absolute atomic E-state index is 0.258. The van der Waals surface area contributed by atoms with Crippen molar-refractivity contribution in [3.8, 4) is 0 Å². The molecule has 0 bridgehead atoms. The molecule has 2 N–H and O–H groups in total. The van der Waals surface area contributed by atoms with Crippen molar-refractivity contribution in [2.45, 2.75) is 75.7 Å². The standard InChI is InChI=1S/C18H30O9/c1-12(22-8-9-24-21-2)25-15-13-11-23-18(6-4-3-5-7-18)27-17(13)26-16(15)14(20)10-19/h11-12,14-17,19-20H,3-10H2,1-2H3/t12?,14-,15+,16+,17+/m0/s1. The molecule has 2 aliphatic heterocycles. The molecule has 9 heteroatoms. The van der Waals surface area contributed by atoms with Crippen molar-refractivity contribution in [2.24, 2.45) is 0 Å². The Labute approximate surface area is 159 Å². The highest BCUT2D eigenvalue weighted by molar-refractivity contribution is 5.20. The van der Waals surface area contributed by atoms with Crippen molar-refractivity contribution in [1.82, 2.24) is 0 Å². The molecule has 1 saturated carbocycles. The molecule has 0 aromatic carbocycles. The Morgan fingerprint density at radius 1 is 1.26 bits per heavy atom. The highest BCUT2D eigenvalue weighted by Crippen LogP contribution is 2.43. The number of fused-ring (bicyclic) bond motifs is 1. The van der Waals surface area contributed by atoms with Crippen molar-refractivity contribution in [1.29, 1.82) is 0 Å². The maximum Gasteiger partial charge on any atom is 0.212 e. The third-order valence-corrected chi connectivity index (χ3v) is 5.07. The molecule has 0 amide bonds. The van der Waals surface area contributed by atoms with Gasteiger partial charge in [-0.1, -0.05) is 6.42 Å². The first-order chi connectivity index (χ1) is 13.1.